The molecule has 1 amide bonds. The van der Waals surface area contributed by atoms with Gasteiger partial charge in [0.25, 0.3) is 5.91 Å². The summed E-state index contributed by atoms with van der Waals surface area (Å²) in [6.45, 7) is 2.33. The first-order chi connectivity index (χ1) is 14.1. The number of furan rings is 1. The number of nitrogens with one attached hydrogen (secondary N) is 1. The van der Waals surface area contributed by atoms with Gasteiger partial charge in [-0.1, -0.05) is 23.7 Å². The molecule has 0 fully saturated rings. The first-order valence-corrected chi connectivity index (χ1v) is 9.59. The Balaban J connectivity index is 1.61. The van der Waals surface area contributed by atoms with E-state index in [-0.39, 0.29) is 5.91 Å². The topological polar surface area (TPSA) is 73.0 Å². The molecule has 0 aliphatic heterocycles. The summed E-state index contributed by atoms with van der Waals surface area (Å²) in [6, 6.07) is 18.3. The van der Waals surface area contributed by atoms with Crippen molar-refractivity contribution < 1.29 is 9.21 Å². The first-order valence-electron chi connectivity index (χ1n) is 9.21. The fourth-order valence-corrected chi connectivity index (χ4v) is 3.17. The van der Waals surface area contributed by atoms with Gasteiger partial charge in [-0.3, -0.25) is 9.78 Å². The molecule has 0 spiro atoms. The van der Waals surface area contributed by atoms with E-state index in [4.69, 9.17) is 16.0 Å². The summed E-state index contributed by atoms with van der Waals surface area (Å²) in [5.74, 6) is 1.15. The lowest BCUT2D eigenvalue weighted by Gasteiger charge is -2.08. The van der Waals surface area contributed by atoms with E-state index in [1.807, 2.05) is 49.4 Å². The normalized spacial score (nSPS) is 10.8. The van der Waals surface area contributed by atoms with Crippen LogP contribution in [0.1, 0.15) is 21.9 Å². The van der Waals surface area contributed by atoms with Crippen LogP contribution in [-0.2, 0) is 6.42 Å². The number of rotatable bonds is 6. The van der Waals surface area contributed by atoms with Gasteiger partial charge in [-0.2, -0.15) is 5.10 Å². The van der Waals surface area contributed by atoms with E-state index >= 15 is 0 Å². The molecular weight excluding hydrogens is 388 g/mol. The number of aromatic nitrogens is 3. The van der Waals surface area contributed by atoms with Crippen LogP contribution in [-0.4, -0.2) is 27.2 Å². The number of carbonyl (C=O) groups excluding carboxylic acids is 1. The molecule has 0 aliphatic rings. The van der Waals surface area contributed by atoms with Crippen LogP contribution in [0.4, 0.5) is 0 Å². The van der Waals surface area contributed by atoms with Gasteiger partial charge in [0.15, 0.2) is 5.76 Å². The van der Waals surface area contributed by atoms with Gasteiger partial charge in [0.2, 0.25) is 0 Å². The third-order valence-corrected chi connectivity index (χ3v) is 4.62. The average Bonchev–Trinajstić information content (AvgIpc) is 3.35. The number of benzene rings is 1. The van der Waals surface area contributed by atoms with Gasteiger partial charge >= 0.3 is 0 Å². The molecule has 7 heteroatoms. The van der Waals surface area contributed by atoms with Crippen LogP contribution in [0.2, 0.25) is 5.02 Å². The molecule has 4 rings (SSSR count). The summed E-state index contributed by atoms with van der Waals surface area (Å²) in [4.78, 5) is 17.2. The SMILES string of the molecule is Cc1ccc(-c2cc(C(=O)NCCc3ccccn3)n(-c3cccc(Cl)c3)n2)o1. The molecule has 0 aliphatic carbocycles. The molecule has 3 aromatic heterocycles. The van der Waals surface area contributed by atoms with E-state index in [0.29, 0.717) is 40.8 Å². The lowest BCUT2D eigenvalue weighted by molar-refractivity contribution is 0.0946. The van der Waals surface area contributed by atoms with Crippen LogP contribution in [0.3, 0.4) is 0 Å². The lowest BCUT2D eigenvalue weighted by atomic mass is 10.2. The highest BCUT2D eigenvalue weighted by Crippen LogP contribution is 2.24. The zero-order chi connectivity index (χ0) is 20.2. The minimum Gasteiger partial charge on any atom is -0.460 e. The Bertz CT molecular complexity index is 1130. The fourth-order valence-electron chi connectivity index (χ4n) is 2.98. The number of hydrogen-bond acceptors (Lipinski definition) is 4. The van der Waals surface area contributed by atoms with Crippen molar-refractivity contribution in [1.29, 1.82) is 0 Å². The van der Waals surface area contributed by atoms with Crippen molar-refractivity contribution in [3.63, 3.8) is 0 Å². The zero-order valence-electron chi connectivity index (χ0n) is 15.8. The Labute approximate surface area is 173 Å². The number of aryl methyl sites for hydroxylation is 1. The summed E-state index contributed by atoms with van der Waals surface area (Å²) >= 11 is 6.14. The third-order valence-electron chi connectivity index (χ3n) is 4.38. The second-order valence-corrected chi connectivity index (χ2v) is 6.98. The number of hydrogen-bond donors (Lipinski definition) is 1. The third kappa shape index (κ3) is 4.38. The molecule has 4 aromatic rings. The molecule has 146 valence electrons. The molecule has 0 unspecified atom stereocenters. The summed E-state index contributed by atoms with van der Waals surface area (Å²) in [7, 11) is 0. The van der Waals surface area contributed by atoms with Gasteiger partial charge in [-0.05, 0) is 49.4 Å². The number of nitrogens with zero attached hydrogens (tertiary/aromatic N) is 3. The number of halogens is 1. The van der Waals surface area contributed by atoms with E-state index in [1.54, 1.807) is 29.1 Å². The Kier molecular flexibility index (Phi) is 5.44. The highest BCUT2D eigenvalue weighted by atomic mass is 35.5. The van der Waals surface area contributed by atoms with Crippen molar-refractivity contribution in [3.8, 4) is 17.1 Å². The second kappa shape index (κ2) is 8.32. The van der Waals surface area contributed by atoms with Crippen molar-refractivity contribution >= 4 is 17.5 Å². The zero-order valence-corrected chi connectivity index (χ0v) is 16.6. The molecule has 0 saturated carbocycles. The van der Waals surface area contributed by atoms with Gasteiger partial charge in [0, 0.05) is 35.9 Å². The van der Waals surface area contributed by atoms with E-state index in [1.165, 1.54) is 0 Å². The van der Waals surface area contributed by atoms with E-state index in [2.05, 4.69) is 15.4 Å². The molecule has 0 saturated heterocycles. The average molecular weight is 407 g/mol. The summed E-state index contributed by atoms with van der Waals surface area (Å²) in [5.41, 5.74) is 2.59. The lowest BCUT2D eigenvalue weighted by Crippen LogP contribution is -2.28. The molecule has 0 bridgehead atoms. The maximum atomic E-state index is 12.9. The predicted octanol–water partition coefficient (Wildman–Crippen LogP) is 4.46. The Morgan fingerprint density at radius 1 is 1.14 bits per heavy atom. The van der Waals surface area contributed by atoms with Crippen LogP contribution in [0.5, 0.6) is 0 Å². The van der Waals surface area contributed by atoms with Gasteiger partial charge in [-0.15, -0.1) is 0 Å². The molecule has 0 radical (unpaired) electrons. The molecule has 3 heterocycles. The molecule has 29 heavy (non-hydrogen) atoms. The highest BCUT2D eigenvalue weighted by molar-refractivity contribution is 6.30. The quantitative estimate of drug-likeness (QED) is 0.513. The maximum Gasteiger partial charge on any atom is 0.270 e. The second-order valence-electron chi connectivity index (χ2n) is 6.54. The van der Waals surface area contributed by atoms with Crippen LogP contribution in [0, 0.1) is 6.92 Å². The van der Waals surface area contributed by atoms with E-state index in [9.17, 15) is 4.79 Å². The Hall–Kier alpha value is -3.38. The van der Waals surface area contributed by atoms with Gasteiger partial charge < -0.3 is 9.73 Å². The number of pyridine rings is 1. The Morgan fingerprint density at radius 3 is 2.76 bits per heavy atom. The van der Waals surface area contributed by atoms with Crippen LogP contribution in [0.15, 0.2) is 71.3 Å². The van der Waals surface area contributed by atoms with Crippen molar-refractivity contribution in [2.75, 3.05) is 6.54 Å². The standard InChI is InChI=1S/C22H19ClN4O2/c1-15-8-9-21(29-15)19-14-20(27(26-19)18-7-4-5-16(23)13-18)22(28)25-12-10-17-6-2-3-11-24-17/h2-9,11,13-14H,10,12H2,1H3,(H,25,28). The largest absolute Gasteiger partial charge is 0.460 e. The van der Waals surface area contributed by atoms with Gasteiger partial charge in [0.05, 0.1) is 5.69 Å². The van der Waals surface area contributed by atoms with Crippen molar-refractivity contribution in [2.24, 2.45) is 0 Å². The van der Waals surface area contributed by atoms with Crippen LogP contribution < -0.4 is 5.32 Å². The van der Waals surface area contributed by atoms with Gasteiger partial charge in [0.1, 0.15) is 17.1 Å². The van der Waals surface area contributed by atoms with Crippen molar-refractivity contribution in [2.45, 2.75) is 13.3 Å². The molecule has 1 aromatic carbocycles. The maximum absolute atomic E-state index is 12.9. The summed E-state index contributed by atoms with van der Waals surface area (Å²) in [6.07, 6.45) is 2.38. The Morgan fingerprint density at radius 2 is 2.03 bits per heavy atom. The monoisotopic (exact) mass is 406 g/mol. The minimum atomic E-state index is -0.233. The smallest absolute Gasteiger partial charge is 0.270 e. The first kappa shape index (κ1) is 19.0. The number of amides is 1. The summed E-state index contributed by atoms with van der Waals surface area (Å²) in [5, 5.41) is 8.09. The molecule has 0 atom stereocenters. The predicted molar refractivity (Wildman–Crippen MR) is 111 cm³/mol. The highest BCUT2D eigenvalue weighted by Gasteiger charge is 2.19. The van der Waals surface area contributed by atoms with Crippen LogP contribution >= 0.6 is 11.6 Å². The molecule has 1 N–H and O–H groups in total. The molecular formula is C22H19ClN4O2. The van der Waals surface area contributed by atoms with Crippen molar-refractivity contribution in [3.05, 3.63) is 89.0 Å². The number of carbonyl (C=O) groups is 1. The van der Waals surface area contributed by atoms with Crippen molar-refractivity contribution in [1.82, 2.24) is 20.1 Å². The van der Waals surface area contributed by atoms with E-state index < -0.39 is 0 Å². The molecule has 6 nitrogen and oxygen atoms in total. The fraction of sp³-hybridized carbons (Fsp3) is 0.136. The summed E-state index contributed by atoms with van der Waals surface area (Å²) < 4.78 is 7.25. The van der Waals surface area contributed by atoms with Gasteiger partial charge in [-0.25, -0.2) is 4.68 Å². The minimum absolute atomic E-state index is 0.233. The van der Waals surface area contributed by atoms with E-state index in [0.717, 1.165) is 11.5 Å². The van der Waals surface area contributed by atoms with Crippen LogP contribution in [0.25, 0.3) is 17.1 Å².